The predicted molar refractivity (Wildman–Crippen MR) is 72.9 cm³/mol. The van der Waals surface area contributed by atoms with Crippen molar-refractivity contribution in [2.75, 3.05) is 19.8 Å². The summed E-state index contributed by atoms with van der Waals surface area (Å²) in [6.45, 7) is 3.86. The zero-order chi connectivity index (χ0) is 14.8. The van der Waals surface area contributed by atoms with Gasteiger partial charge >= 0.3 is 11.9 Å². The molecule has 110 valence electrons. The normalized spacial score (nSPS) is 10.3. The molecule has 1 rings (SSSR count). The first-order valence-electron chi connectivity index (χ1n) is 6.46. The molecule has 0 heterocycles. The SMILES string of the molecule is CC(=O)OCC(COCc1ccccc1)COC(C)=O. The van der Waals surface area contributed by atoms with Crippen LogP contribution in [0.3, 0.4) is 0 Å². The molecular formula is C15H20O5. The molecular weight excluding hydrogens is 260 g/mol. The van der Waals surface area contributed by atoms with Crippen LogP contribution < -0.4 is 0 Å². The zero-order valence-electron chi connectivity index (χ0n) is 11.8. The van der Waals surface area contributed by atoms with Gasteiger partial charge in [0.2, 0.25) is 0 Å². The van der Waals surface area contributed by atoms with E-state index in [0.29, 0.717) is 13.2 Å². The molecule has 0 unspecified atom stereocenters. The van der Waals surface area contributed by atoms with E-state index in [0.717, 1.165) is 5.56 Å². The number of hydrogen-bond donors (Lipinski definition) is 0. The van der Waals surface area contributed by atoms with E-state index in [1.165, 1.54) is 13.8 Å². The average Bonchev–Trinajstić information content (AvgIpc) is 2.42. The largest absolute Gasteiger partial charge is 0.465 e. The van der Waals surface area contributed by atoms with Crippen molar-refractivity contribution in [1.82, 2.24) is 0 Å². The third-order valence-corrected chi connectivity index (χ3v) is 2.51. The summed E-state index contributed by atoms with van der Waals surface area (Å²) in [5, 5.41) is 0. The predicted octanol–water partition coefficient (Wildman–Crippen LogP) is 1.95. The molecule has 0 amide bonds. The second kappa shape index (κ2) is 9.09. The Balaban J connectivity index is 2.34. The van der Waals surface area contributed by atoms with Crippen molar-refractivity contribution in [3.05, 3.63) is 35.9 Å². The summed E-state index contributed by atoms with van der Waals surface area (Å²) >= 11 is 0. The number of esters is 2. The standard InChI is InChI=1S/C15H20O5/c1-12(16)19-10-15(11-20-13(2)17)9-18-8-14-6-4-3-5-7-14/h3-7,15H,8-11H2,1-2H3. The molecule has 0 fully saturated rings. The fraction of sp³-hybridized carbons (Fsp3) is 0.467. The van der Waals surface area contributed by atoms with Gasteiger partial charge in [0.25, 0.3) is 0 Å². The fourth-order valence-corrected chi connectivity index (χ4v) is 1.53. The number of benzene rings is 1. The number of rotatable bonds is 8. The lowest BCUT2D eigenvalue weighted by Gasteiger charge is -2.16. The molecule has 0 aliphatic rings. The molecule has 0 N–H and O–H groups in total. The van der Waals surface area contributed by atoms with Crippen molar-refractivity contribution >= 4 is 11.9 Å². The third kappa shape index (κ3) is 7.53. The van der Waals surface area contributed by atoms with Gasteiger partial charge in [0.15, 0.2) is 0 Å². The number of hydrogen-bond acceptors (Lipinski definition) is 5. The number of carbonyl (C=O) groups is 2. The number of carbonyl (C=O) groups excluding carboxylic acids is 2. The van der Waals surface area contributed by atoms with Gasteiger partial charge < -0.3 is 14.2 Å². The molecule has 0 aliphatic carbocycles. The first-order chi connectivity index (χ1) is 9.58. The molecule has 0 radical (unpaired) electrons. The minimum atomic E-state index is -0.360. The van der Waals surface area contributed by atoms with Crippen LogP contribution in [0.25, 0.3) is 0 Å². The second-order valence-corrected chi connectivity index (χ2v) is 4.47. The average molecular weight is 280 g/mol. The Kier molecular flexibility index (Phi) is 7.35. The zero-order valence-corrected chi connectivity index (χ0v) is 11.8. The maximum Gasteiger partial charge on any atom is 0.302 e. The summed E-state index contributed by atoms with van der Waals surface area (Å²) in [5.41, 5.74) is 1.06. The Bertz CT molecular complexity index is 398. The Hall–Kier alpha value is -1.88. The molecule has 0 saturated carbocycles. The van der Waals surface area contributed by atoms with Crippen LogP contribution in [0.15, 0.2) is 30.3 Å². The lowest BCUT2D eigenvalue weighted by atomic mass is 10.2. The van der Waals surface area contributed by atoms with E-state index in [1.54, 1.807) is 0 Å². The highest BCUT2D eigenvalue weighted by molar-refractivity contribution is 5.66. The van der Waals surface area contributed by atoms with Crippen molar-refractivity contribution < 1.29 is 23.8 Å². The summed E-state index contributed by atoms with van der Waals surface area (Å²) in [4.78, 5) is 21.6. The van der Waals surface area contributed by atoms with E-state index in [4.69, 9.17) is 14.2 Å². The summed E-state index contributed by atoms with van der Waals surface area (Å²) in [6.07, 6.45) is 0. The molecule has 0 saturated heterocycles. The summed E-state index contributed by atoms with van der Waals surface area (Å²) in [6, 6.07) is 9.75. The van der Waals surface area contributed by atoms with Gasteiger partial charge in [-0.15, -0.1) is 0 Å². The van der Waals surface area contributed by atoms with Crippen molar-refractivity contribution in [3.63, 3.8) is 0 Å². The van der Waals surface area contributed by atoms with Gasteiger partial charge in [-0.2, -0.15) is 0 Å². The van der Waals surface area contributed by atoms with Gasteiger partial charge in [-0.1, -0.05) is 30.3 Å². The van der Waals surface area contributed by atoms with Crippen LogP contribution in [0.4, 0.5) is 0 Å². The summed E-state index contributed by atoms with van der Waals surface area (Å²) < 4.78 is 15.4. The summed E-state index contributed by atoms with van der Waals surface area (Å²) in [7, 11) is 0. The monoisotopic (exact) mass is 280 g/mol. The van der Waals surface area contributed by atoms with Crippen LogP contribution in [0, 0.1) is 5.92 Å². The molecule has 1 aromatic carbocycles. The highest BCUT2D eigenvalue weighted by atomic mass is 16.5. The van der Waals surface area contributed by atoms with Crippen LogP contribution >= 0.6 is 0 Å². The second-order valence-electron chi connectivity index (χ2n) is 4.47. The smallest absolute Gasteiger partial charge is 0.302 e. The number of ether oxygens (including phenoxy) is 3. The fourth-order valence-electron chi connectivity index (χ4n) is 1.53. The molecule has 0 atom stereocenters. The first-order valence-corrected chi connectivity index (χ1v) is 6.46. The van der Waals surface area contributed by atoms with Crippen LogP contribution in [-0.2, 0) is 30.4 Å². The molecule has 5 nitrogen and oxygen atoms in total. The van der Waals surface area contributed by atoms with E-state index in [9.17, 15) is 9.59 Å². The third-order valence-electron chi connectivity index (χ3n) is 2.51. The van der Waals surface area contributed by atoms with Gasteiger partial charge in [-0.25, -0.2) is 0 Å². The van der Waals surface area contributed by atoms with Crippen LogP contribution in [-0.4, -0.2) is 31.8 Å². The molecule has 0 aliphatic heterocycles. The lowest BCUT2D eigenvalue weighted by Crippen LogP contribution is -2.24. The van der Waals surface area contributed by atoms with Crippen LogP contribution in [0.2, 0.25) is 0 Å². The Morgan fingerprint density at radius 3 is 2.00 bits per heavy atom. The molecule has 1 aromatic rings. The molecule has 0 bridgehead atoms. The van der Waals surface area contributed by atoms with Crippen molar-refractivity contribution in [3.8, 4) is 0 Å². The first kappa shape index (κ1) is 16.2. The highest BCUT2D eigenvalue weighted by Crippen LogP contribution is 2.05. The van der Waals surface area contributed by atoms with Crippen LogP contribution in [0.5, 0.6) is 0 Å². The minimum absolute atomic E-state index is 0.161. The Morgan fingerprint density at radius 2 is 1.50 bits per heavy atom. The van der Waals surface area contributed by atoms with Crippen molar-refractivity contribution in [1.29, 1.82) is 0 Å². The molecule has 20 heavy (non-hydrogen) atoms. The molecule has 0 aromatic heterocycles. The maximum atomic E-state index is 10.8. The van der Waals surface area contributed by atoms with Crippen molar-refractivity contribution in [2.45, 2.75) is 20.5 Å². The Labute approximate surface area is 118 Å². The van der Waals surface area contributed by atoms with Gasteiger partial charge in [0, 0.05) is 13.8 Å². The van der Waals surface area contributed by atoms with Gasteiger partial charge in [-0.05, 0) is 5.56 Å². The van der Waals surface area contributed by atoms with E-state index in [-0.39, 0.29) is 31.1 Å². The highest BCUT2D eigenvalue weighted by Gasteiger charge is 2.13. The van der Waals surface area contributed by atoms with E-state index in [2.05, 4.69) is 0 Å². The maximum absolute atomic E-state index is 10.8. The minimum Gasteiger partial charge on any atom is -0.465 e. The Morgan fingerprint density at radius 1 is 0.950 bits per heavy atom. The molecule has 0 spiro atoms. The topological polar surface area (TPSA) is 61.8 Å². The van der Waals surface area contributed by atoms with Crippen molar-refractivity contribution in [2.24, 2.45) is 5.92 Å². The van der Waals surface area contributed by atoms with Crippen LogP contribution in [0.1, 0.15) is 19.4 Å². The van der Waals surface area contributed by atoms with Gasteiger partial charge in [0.1, 0.15) is 0 Å². The van der Waals surface area contributed by atoms with Gasteiger partial charge in [0.05, 0.1) is 32.3 Å². The molecule has 5 heteroatoms. The van der Waals surface area contributed by atoms with Gasteiger partial charge in [-0.3, -0.25) is 9.59 Å². The summed E-state index contributed by atoms with van der Waals surface area (Å²) in [5.74, 6) is -0.881. The van der Waals surface area contributed by atoms with E-state index in [1.807, 2.05) is 30.3 Å². The lowest BCUT2D eigenvalue weighted by molar-refractivity contribution is -0.147. The van der Waals surface area contributed by atoms with E-state index >= 15 is 0 Å². The quantitative estimate of drug-likeness (QED) is 0.681. The van der Waals surface area contributed by atoms with E-state index < -0.39 is 0 Å².